The molecule has 1 aliphatic heterocycles. The van der Waals surface area contributed by atoms with Gasteiger partial charge in [-0.1, -0.05) is 6.92 Å². The highest BCUT2D eigenvalue weighted by atomic mass is 79.9. The van der Waals surface area contributed by atoms with Crippen molar-refractivity contribution >= 4 is 21.8 Å². The zero-order chi connectivity index (χ0) is 12.6. The monoisotopic (exact) mass is 299 g/mol. The van der Waals surface area contributed by atoms with E-state index in [-0.39, 0.29) is 5.91 Å². The molecule has 0 N–H and O–H groups in total. The fraction of sp³-hybridized carbons (Fsp3) is 0.667. The molecule has 2 heterocycles. The van der Waals surface area contributed by atoms with Gasteiger partial charge in [0, 0.05) is 20.1 Å². The summed E-state index contributed by atoms with van der Waals surface area (Å²) in [7, 11) is 1.82. The fourth-order valence-corrected chi connectivity index (χ4v) is 2.89. The Balaban J connectivity index is 2.24. The van der Waals surface area contributed by atoms with Gasteiger partial charge in [-0.2, -0.15) is 5.10 Å². The summed E-state index contributed by atoms with van der Waals surface area (Å²) in [5.74, 6) is 0.687. The summed E-state index contributed by atoms with van der Waals surface area (Å²) in [5, 5.41) is 4.27. The number of aromatic nitrogens is 2. The number of carbonyl (C=O) groups excluding carboxylic acids is 1. The molecule has 0 unspecified atom stereocenters. The largest absolute Gasteiger partial charge is 0.337 e. The first-order valence-corrected chi connectivity index (χ1v) is 6.78. The van der Waals surface area contributed by atoms with E-state index in [1.54, 1.807) is 4.68 Å². The number of halogens is 1. The minimum atomic E-state index is 0.0894. The third-order valence-corrected chi connectivity index (χ3v) is 4.25. The molecule has 5 heteroatoms. The highest BCUT2D eigenvalue weighted by molar-refractivity contribution is 9.10. The van der Waals surface area contributed by atoms with E-state index in [1.807, 2.05) is 18.9 Å². The molecule has 0 aliphatic carbocycles. The van der Waals surface area contributed by atoms with Gasteiger partial charge in [0.25, 0.3) is 5.91 Å². The van der Waals surface area contributed by atoms with Crippen LogP contribution in [0.1, 0.15) is 35.9 Å². The molecule has 0 spiro atoms. The van der Waals surface area contributed by atoms with Crippen molar-refractivity contribution < 1.29 is 4.79 Å². The molecule has 1 fully saturated rings. The van der Waals surface area contributed by atoms with E-state index in [1.165, 1.54) is 6.42 Å². The number of aryl methyl sites for hydroxylation is 2. The van der Waals surface area contributed by atoms with Gasteiger partial charge >= 0.3 is 0 Å². The Morgan fingerprint density at radius 2 is 2.24 bits per heavy atom. The number of hydrogen-bond acceptors (Lipinski definition) is 2. The number of likely N-dealkylation sites (tertiary alicyclic amines) is 1. The van der Waals surface area contributed by atoms with E-state index in [2.05, 4.69) is 28.0 Å². The fourth-order valence-electron chi connectivity index (χ4n) is 2.39. The molecule has 0 saturated carbocycles. The van der Waals surface area contributed by atoms with E-state index < -0.39 is 0 Å². The lowest BCUT2D eigenvalue weighted by Gasteiger charge is -2.30. The molecule has 94 valence electrons. The van der Waals surface area contributed by atoms with E-state index >= 15 is 0 Å². The second-order valence-electron chi connectivity index (χ2n) is 4.87. The van der Waals surface area contributed by atoms with Crippen LogP contribution in [0.5, 0.6) is 0 Å². The van der Waals surface area contributed by atoms with Crippen molar-refractivity contribution in [2.24, 2.45) is 13.0 Å². The summed E-state index contributed by atoms with van der Waals surface area (Å²) in [6.07, 6.45) is 2.32. The summed E-state index contributed by atoms with van der Waals surface area (Å²) < 4.78 is 2.49. The van der Waals surface area contributed by atoms with Crippen molar-refractivity contribution in [3.8, 4) is 0 Å². The maximum atomic E-state index is 12.4. The van der Waals surface area contributed by atoms with Crippen molar-refractivity contribution in [3.63, 3.8) is 0 Å². The normalized spacial score (nSPS) is 20.7. The minimum Gasteiger partial charge on any atom is -0.337 e. The van der Waals surface area contributed by atoms with Crippen molar-refractivity contribution in [1.82, 2.24) is 14.7 Å². The van der Waals surface area contributed by atoms with Gasteiger partial charge in [-0.05, 0) is 41.6 Å². The molecule has 1 atom stereocenters. The van der Waals surface area contributed by atoms with Crippen molar-refractivity contribution in [2.75, 3.05) is 13.1 Å². The van der Waals surface area contributed by atoms with Gasteiger partial charge in [-0.15, -0.1) is 0 Å². The Morgan fingerprint density at radius 3 is 2.76 bits per heavy atom. The average molecular weight is 300 g/mol. The van der Waals surface area contributed by atoms with Gasteiger partial charge in [-0.25, -0.2) is 0 Å². The van der Waals surface area contributed by atoms with Crippen LogP contribution in [0.2, 0.25) is 0 Å². The molecule has 1 aromatic rings. The molecular formula is C12H18BrN3O. The number of carbonyl (C=O) groups is 1. The van der Waals surface area contributed by atoms with Crippen LogP contribution in [0, 0.1) is 12.8 Å². The number of amides is 1. The molecule has 1 amide bonds. The zero-order valence-electron chi connectivity index (χ0n) is 10.5. The topological polar surface area (TPSA) is 38.1 Å². The Hall–Kier alpha value is -0.840. The molecular weight excluding hydrogens is 282 g/mol. The van der Waals surface area contributed by atoms with Crippen molar-refractivity contribution in [1.29, 1.82) is 0 Å². The van der Waals surface area contributed by atoms with Crippen molar-refractivity contribution in [3.05, 3.63) is 15.9 Å². The summed E-state index contributed by atoms with van der Waals surface area (Å²) in [5.41, 5.74) is 1.53. The lowest BCUT2D eigenvalue weighted by Crippen LogP contribution is -2.40. The zero-order valence-corrected chi connectivity index (χ0v) is 12.1. The smallest absolute Gasteiger partial charge is 0.273 e. The van der Waals surface area contributed by atoms with Crippen LogP contribution >= 0.6 is 15.9 Å². The first kappa shape index (κ1) is 12.6. The van der Waals surface area contributed by atoms with Gasteiger partial charge in [-0.3, -0.25) is 9.48 Å². The van der Waals surface area contributed by atoms with Crippen LogP contribution in [0.4, 0.5) is 0 Å². The third kappa shape index (κ3) is 2.39. The first-order valence-electron chi connectivity index (χ1n) is 5.99. The van der Waals surface area contributed by atoms with Crippen LogP contribution < -0.4 is 0 Å². The minimum absolute atomic E-state index is 0.0894. The predicted molar refractivity (Wildman–Crippen MR) is 69.9 cm³/mol. The van der Waals surface area contributed by atoms with Gasteiger partial charge in [0.05, 0.1) is 10.2 Å². The predicted octanol–water partition coefficient (Wildman–Crippen LogP) is 2.36. The van der Waals surface area contributed by atoms with Crippen LogP contribution in [-0.2, 0) is 7.05 Å². The average Bonchev–Trinajstić information content (AvgIpc) is 2.52. The highest BCUT2D eigenvalue weighted by Crippen LogP contribution is 2.24. The van der Waals surface area contributed by atoms with Gasteiger partial charge < -0.3 is 4.90 Å². The quantitative estimate of drug-likeness (QED) is 0.798. The molecule has 0 radical (unpaired) electrons. The summed E-state index contributed by atoms with van der Waals surface area (Å²) in [6.45, 7) is 5.82. The van der Waals surface area contributed by atoms with Crippen LogP contribution in [0.15, 0.2) is 4.47 Å². The molecule has 2 rings (SSSR count). The maximum Gasteiger partial charge on any atom is 0.273 e. The van der Waals surface area contributed by atoms with Crippen molar-refractivity contribution in [2.45, 2.75) is 26.7 Å². The number of nitrogens with zero attached hydrogens (tertiary/aromatic N) is 3. The Labute approximate surface area is 110 Å². The van der Waals surface area contributed by atoms with Gasteiger partial charge in [0.15, 0.2) is 0 Å². The van der Waals surface area contributed by atoms with E-state index in [4.69, 9.17) is 0 Å². The van der Waals surface area contributed by atoms with E-state index in [0.717, 1.165) is 29.7 Å². The van der Waals surface area contributed by atoms with Crippen LogP contribution in [0.25, 0.3) is 0 Å². The number of piperidine rings is 1. The SMILES string of the molecule is Cc1nn(C)c(C(=O)N2CCC[C@@H](C)C2)c1Br. The number of hydrogen-bond donors (Lipinski definition) is 0. The Kier molecular flexibility index (Phi) is 3.56. The van der Waals surface area contributed by atoms with Gasteiger partial charge in [0.1, 0.15) is 5.69 Å². The standard InChI is InChI=1S/C12H18BrN3O/c1-8-5-4-6-16(7-8)12(17)11-10(13)9(2)14-15(11)3/h8H,4-7H2,1-3H3/t8-/m1/s1. The Morgan fingerprint density at radius 1 is 1.53 bits per heavy atom. The first-order chi connectivity index (χ1) is 8.00. The lowest BCUT2D eigenvalue weighted by molar-refractivity contribution is 0.0671. The molecule has 0 aromatic carbocycles. The Bertz CT molecular complexity index is 441. The highest BCUT2D eigenvalue weighted by Gasteiger charge is 2.26. The number of rotatable bonds is 1. The molecule has 17 heavy (non-hydrogen) atoms. The molecule has 1 aromatic heterocycles. The molecule has 1 saturated heterocycles. The van der Waals surface area contributed by atoms with Gasteiger partial charge in [0.2, 0.25) is 0 Å². The third-order valence-electron chi connectivity index (χ3n) is 3.30. The lowest BCUT2D eigenvalue weighted by atomic mass is 10.00. The second kappa shape index (κ2) is 4.80. The van der Waals surface area contributed by atoms with Crippen LogP contribution in [-0.4, -0.2) is 33.7 Å². The van der Waals surface area contributed by atoms with E-state index in [9.17, 15) is 4.79 Å². The summed E-state index contributed by atoms with van der Waals surface area (Å²) in [4.78, 5) is 14.4. The maximum absolute atomic E-state index is 12.4. The molecule has 0 bridgehead atoms. The molecule has 1 aliphatic rings. The summed E-state index contributed by atoms with van der Waals surface area (Å²) in [6, 6.07) is 0. The molecule has 4 nitrogen and oxygen atoms in total. The van der Waals surface area contributed by atoms with Crippen LogP contribution in [0.3, 0.4) is 0 Å². The second-order valence-corrected chi connectivity index (χ2v) is 5.66. The van der Waals surface area contributed by atoms with E-state index in [0.29, 0.717) is 11.6 Å². The summed E-state index contributed by atoms with van der Waals surface area (Å²) >= 11 is 3.45.